The van der Waals surface area contributed by atoms with Crippen LogP contribution in [0, 0.1) is 10.1 Å². The van der Waals surface area contributed by atoms with E-state index in [0.717, 1.165) is 17.3 Å². The zero-order chi connectivity index (χ0) is 20.8. The van der Waals surface area contributed by atoms with Crippen molar-refractivity contribution in [3.8, 4) is 22.9 Å². The quantitative estimate of drug-likeness (QED) is 0.326. The van der Waals surface area contributed by atoms with Crippen LogP contribution < -0.4 is 14.8 Å². The average Bonchev–Trinajstić information content (AvgIpc) is 3.21. The minimum atomic E-state index is -0.521. The van der Waals surface area contributed by atoms with Crippen LogP contribution in [0.25, 0.3) is 11.4 Å². The Morgan fingerprint density at radius 1 is 1.21 bits per heavy atom. The van der Waals surface area contributed by atoms with Gasteiger partial charge in [0.1, 0.15) is 11.5 Å². The van der Waals surface area contributed by atoms with E-state index in [1.807, 2.05) is 0 Å². The van der Waals surface area contributed by atoms with Crippen molar-refractivity contribution in [2.75, 3.05) is 25.3 Å². The number of nitrogens with one attached hydrogen (secondary N) is 2. The van der Waals surface area contributed by atoms with Crippen LogP contribution in [0.3, 0.4) is 0 Å². The Morgan fingerprint density at radius 2 is 1.93 bits per heavy atom. The first kappa shape index (κ1) is 20.1. The van der Waals surface area contributed by atoms with Gasteiger partial charge in [0.25, 0.3) is 5.69 Å². The van der Waals surface area contributed by atoms with Crippen LogP contribution in [-0.4, -0.2) is 46.0 Å². The summed E-state index contributed by atoms with van der Waals surface area (Å²) in [4.78, 5) is 26.8. The van der Waals surface area contributed by atoms with Crippen LogP contribution in [0.5, 0.6) is 11.5 Å². The normalized spacial score (nSPS) is 10.4. The number of carbonyl (C=O) groups is 1. The van der Waals surface area contributed by atoms with E-state index in [4.69, 9.17) is 9.47 Å². The molecule has 0 spiro atoms. The summed E-state index contributed by atoms with van der Waals surface area (Å²) in [6.45, 7) is 0. The number of thioether (sulfide) groups is 1. The topological polar surface area (TPSA) is 132 Å². The Hall–Kier alpha value is -3.60. The Balaban J connectivity index is 1.63. The zero-order valence-electron chi connectivity index (χ0n) is 15.5. The average molecular weight is 415 g/mol. The highest BCUT2D eigenvalue weighted by molar-refractivity contribution is 7.99. The smallest absolute Gasteiger partial charge is 0.271 e. The van der Waals surface area contributed by atoms with Crippen LogP contribution >= 0.6 is 11.8 Å². The lowest BCUT2D eigenvalue weighted by atomic mass is 10.2. The van der Waals surface area contributed by atoms with Crippen LogP contribution in [0.4, 0.5) is 11.4 Å². The predicted octanol–water partition coefficient (Wildman–Crippen LogP) is 3.13. The number of hydrogen-bond donors (Lipinski definition) is 2. The van der Waals surface area contributed by atoms with E-state index in [2.05, 4.69) is 20.5 Å². The zero-order valence-corrected chi connectivity index (χ0v) is 16.4. The van der Waals surface area contributed by atoms with Gasteiger partial charge in [-0.1, -0.05) is 17.8 Å². The predicted molar refractivity (Wildman–Crippen MR) is 107 cm³/mol. The highest BCUT2D eigenvalue weighted by Crippen LogP contribution is 2.28. The Bertz CT molecular complexity index is 1020. The van der Waals surface area contributed by atoms with Crippen molar-refractivity contribution in [2.24, 2.45) is 0 Å². The van der Waals surface area contributed by atoms with E-state index in [1.165, 1.54) is 18.2 Å². The molecule has 11 heteroatoms. The monoisotopic (exact) mass is 415 g/mol. The molecule has 0 atom stereocenters. The molecule has 0 bridgehead atoms. The molecule has 0 radical (unpaired) electrons. The number of nitrogens with zero attached hydrogens (tertiary/aromatic N) is 3. The molecule has 10 nitrogen and oxygen atoms in total. The molecule has 2 N–H and O–H groups in total. The molecule has 3 aromatic rings. The second-order valence-electron chi connectivity index (χ2n) is 5.71. The third-order valence-electron chi connectivity index (χ3n) is 3.76. The first-order valence-corrected chi connectivity index (χ1v) is 9.30. The Labute approximate surface area is 169 Å². The minimum absolute atomic E-state index is 0.0431. The Morgan fingerprint density at radius 3 is 2.59 bits per heavy atom. The van der Waals surface area contributed by atoms with Crippen molar-refractivity contribution >= 4 is 29.0 Å². The van der Waals surface area contributed by atoms with E-state index in [1.54, 1.807) is 38.5 Å². The fourth-order valence-corrected chi connectivity index (χ4v) is 3.01. The highest BCUT2D eigenvalue weighted by atomic mass is 32.2. The molecule has 1 aromatic heterocycles. The highest BCUT2D eigenvalue weighted by Gasteiger charge is 2.12. The first-order valence-electron chi connectivity index (χ1n) is 8.31. The molecule has 0 fully saturated rings. The molecule has 0 saturated carbocycles. The lowest BCUT2D eigenvalue weighted by Crippen LogP contribution is -2.14. The summed E-state index contributed by atoms with van der Waals surface area (Å²) in [5.41, 5.74) is 0.980. The van der Waals surface area contributed by atoms with Gasteiger partial charge in [-0.25, -0.2) is 4.98 Å². The summed E-state index contributed by atoms with van der Waals surface area (Å²) in [5, 5.41) is 20.7. The number of nitro benzene ring substituents is 1. The van der Waals surface area contributed by atoms with Gasteiger partial charge in [0.2, 0.25) is 11.1 Å². The van der Waals surface area contributed by atoms with Crippen molar-refractivity contribution in [3.63, 3.8) is 0 Å². The standard InChI is InChI=1S/C18H17N5O5S/c1-27-14-6-11(7-15(9-14)28-2)17-20-18(22-21-17)29-10-16(24)19-12-4-3-5-13(8-12)23(25)26/h3-9H,10H2,1-2H3,(H,19,24)(H,20,21,22). The van der Waals surface area contributed by atoms with Gasteiger partial charge < -0.3 is 14.8 Å². The SMILES string of the molecule is COc1cc(OC)cc(-c2nc(SCC(=O)Nc3cccc([N+](=O)[O-])c3)n[nH]2)c1. The second kappa shape index (κ2) is 9.06. The van der Waals surface area contributed by atoms with E-state index >= 15 is 0 Å². The maximum Gasteiger partial charge on any atom is 0.271 e. The summed E-state index contributed by atoms with van der Waals surface area (Å²) in [6.07, 6.45) is 0. The van der Waals surface area contributed by atoms with E-state index in [0.29, 0.717) is 28.2 Å². The lowest BCUT2D eigenvalue weighted by Gasteiger charge is -2.06. The first-order chi connectivity index (χ1) is 14.0. The maximum absolute atomic E-state index is 12.1. The van der Waals surface area contributed by atoms with E-state index in [-0.39, 0.29) is 17.3 Å². The molecule has 1 amide bonds. The third-order valence-corrected chi connectivity index (χ3v) is 4.61. The van der Waals surface area contributed by atoms with Gasteiger partial charge in [-0.3, -0.25) is 20.0 Å². The van der Waals surface area contributed by atoms with Crippen LogP contribution in [-0.2, 0) is 4.79 Å². The number of aromatic nitrogens is 3. The number of hydrogen-bond acceptors (Lipinski definition) is 8. The number of aromatic amines is 1. The fourth-order valence-electron chi connectivity index (χ4n) is 2.41. The molecule has 0 saturated heterocycles. The molecule has 0 aliphatic heterocycles. The number of benzene rings is 2. The number of ether oxygens (including phenoxy) is 2. The van der Waals surface area contributed by atoms with Crippen LogP contribution in [0.2, 0.25) is 0 Å². The minimum Gasteiger partial charge on any atom is -0.497 e. The largest absolute Gasteiger partial charge is 0.497 e. The number of non-ortho nitro benzene ring substituents is 1. The van der Waals surface area contributed by atoms with Gasteiger partial charge in [-0.2, -0.15) is 0 Å². The van der Waals surface area contributed by atoms with Gasteiger partial charge in [-0.15, -0.1) is 5.10 Å². The molecule has 29 heavy (non-hydrogen) atoms. The molecule has 150 valence electrons. The summed E-state index contributed by atoms with van der Waals surface area (Å²) in [7, 11) is 3.11. The van der Waals surface area contributed by atoms with Gasteiger partial charge in [0.15, 0.2) is 5.82 Å². The molecule has 2 aromatic carbocycles. The fraction of sp³-hybridized carbons (Fsp3) is 0.167. The Kier molecular flexibility index (Phi) is 6.29. The summed E-state index contributed by atoms with van der Waals surface area (Å²) >= 11 is 1.13. The number of carbonyl (C=O) groups excluding carboxylic acids is 1. The summed E-state index contributed by atoms with van der Waals surface area (Å²) in [5.74, 6) is 1.44. The number of H-pyrrole nitrogens is 1. The van der Waals surface area contributed by atoms with Crippen molar-refractivity contribution < 1.29 is 19.2 Å². The van der Waals surface area contributed by atoms with Gasteiger partial charge in [-0.05, 0) is 18.2 Å². The number of methoxy groups -OCH3 is 2. The molecule has 1 heterocycles. The molecular formula is C18H17N5O5S. The second-order valence-corrected chi connectivity index (χ2v) is 6.65. The number of nitro groups is 1. The third kappa shape index (κ3) is 5.23. The van der Waals surface area contributed by atoms with Gasteiger partial charge >= 0.3 is 0 Å². The number of anilines is 1. The lowest BCUT2D eigenvalue weighted by molar-refractivity contribution is -0.384. The molecule has 0 unspecified atom stereocenters. The molecule has 3 rings (SSSR count). The van der Waals surface area contributed by atoms with E-state index < -0.39 is 4.92 Å². The van der Waals surface area contributed by atoms with Crippen LogP contribution in [0.15, 0.2) is 47.6 Å². The van der Waals surface area contributed by atoms with Crippen molar-refractivity contribution in [3.05, 3.63) is 52.6 Å². The van der Waals surface area contributed by atoms with E-state index in [9.17, 15) is 14.9 Å². The van der Waals surface area contributed by atoms with Crippen molar-refractivity contribution in [2.45, 2.75) is 5.16 Å². The maximum atomic E-state index is 12.1. The number of rotatable bonds is 8. The van der Waals surface area contributed by atoms with Crippen molar-refractivity contribution in [1.82, 2.24) is 15.2 Å². The van der Waals surface area contributed by atoms with Crippen molar-refractivity contribution in [1.29, 1.82) is 0 Å². The van der Waals surface area contributed by atoms with Gasteiger partial charge in [0.05, 0.1) is 24.9 Å². The van der Waals surface area contributed by atoms with Gasteiger partial charge in [0, 0.05) is 29.4 Å². The molecule has 0 aliphatic rings. The molecule has 0 aliphatic carbocycles. The van der Waals surface area contributed by atoms with Crippen LogP contribution in [0.1, 0.15) is 0 Å². The summed E-state index contributed by atoms with van der Waals surface area (Å²) < 4.78 is 10.5. The summed E-state index contributed by atoms with van der Waals surface area (Å²) in [6, 6.07) is 11.0. The number of amides is 1. The molecular weight excluding hydrogens is 398 g/mol.